The minimum atomic E-state index is -0.246. The number of nitrogens with two attached hydrogens (primary N) is 1. The van der Waals surface area contributed by atoms with Gasteiger partial charge in [-0.2, -0.15) is 0 Å². The molecule has 0 bridgehead atoms. The van der Waals surface area contributed by atoms with Gasteiger partial charge in [0.15, 0.2) is 0 Å². The first-order valence-electron chi connectivity index (χ1n) is 7.35. The first-order chi connectivity index (χ1) is 9.58. The van der Waals surface area contributed by atoms with Crippen LogP contribution in [0.5, 0.6) is 0 Å². The topological polar surface area (TPSA) is 48.1 Å². The van der Waals surface area contributed by atoms with Gasteiger partial charge in [0.1, 0.15) is 0 Å². The molecular weight excluding hydrogens is 248 g/mol. The minimum absolute atomic E-state index is 0.0893. The Morgan fingerprint density at radius 1 is 1.25 bits per heavy atom. The van der Waals surface area contributed by atoms with Gasteiger partial charge in [0.05, 0.1) is 17.2 Å². The van der Waals surface area contributed by atoms with Crippen LogP contribution in [-0.4, -0.2) is 17.2 Å². The lowest BCUT2D eigenvalue weighted by atomic mass is 9.84. The van der Waals surface area contributed by atoms with Crippen molar-refractivity contribution in [1.29, 1.82) is 0 Å². The van der Waals surface area contributed by atoms with Crippen molar-refractivity contribution in [2.24, 2.45) is 5.73 Å². The summed E-state index contributed by atoms with van der Waals surface area (Å²) in [6, 6.07) is 10.4. The molecule has 20 heavy (non-hydrogen) atoms. The molecule has 3 heteroatoms. The van der Waals surface area contributed by atoms with Gasteiger partial charge < -0.3 is 10.5 Å². The maximum Gasteiger partial charge on any atom is 0.0846 e. The van der Waals surface area contributed by atoms with Crippen LogP contribution in [0.2, 0.25) is 0 Å². The van der Waals surface area contributed by atoms with Crippen molar-refractivity contribution in [2.75, 3.05) is 6.61 Å². The van der Waals surface area contributed by atoms with Crippen molar-refractivity contribution < 1.29 is 4.74 Å². The molecular formula is C17H22N2O. The molecule has 0 spiro atoms. The van der Waals surface area contributed by atoms with E-state index in [9.17, 15) is 0 Å². The molecule has 2 aromatic rings. The summed E-state index contributed by atoms with van der Waals surface area (Å²) < 4.78 is 5.97. The normalized spacial score (nSPS) is 24.8. The Labute approximate surface area is 120 Å². The number of hydrogen-bond acceptors (Lipinski definition) is 3. The largest absolute Gasteiger partial charge is 0.373 e. The summed E-state index contributed by atoms with van der Waals surface area (Å²) in [4.78, 5) is 4.53. The van der Waals surface area contributed by atoms with Crippen molar-refractivity contribution in [3.63, 3.8) is 0 Å². The first-order valence-corrected chi connectivity index (χ1v) is 7.35. The lowest BCUT2D eigenvalue weighted by Gasteiger charge is -2.39. The molecule has 1 aliphatic heterocycles. The lowest BCUT2D eigenvalue weighted by molar-refractivity contribution is -0.0820. The fourth-order valence-electron chi connectivity index (χ4n) is 2.99. The van der Waals surface area contributed by atoms with Crippen LogP contribution in [0.4, 0.5) is 0 Å². The third-order valence-electron chi connectivity index (χ3n) is 4.37. The number of fused-ring (bicyclic) bond motifs is 1. The molecule has 1 aromatic carbocycles. The van der Waals surface area contributed by atoms with Crippen molar-refractivity contribution in [1.82, 2.24) is 4.98 Å². The molecule has 1 fully saturated rings. The summed E-state index contributed by atoms with van der Waals surface area (Å²) in [5.41, 5.74) is 9.43. The van der Waals surface area contributed by atoms with Crippen LogP contribution < -0.4 is 5.73 Å². The zero-order valence-electron chi connectivity index (χ0n) is 12.2. The third-order valence-corrected chi connectivity index (χ3v) is 4.37. The van der Waals surface area contributed by atoms with Crippen LogP contribution in [0.15, 0.2) is 30.3 Å². The summed E-state index contributed by atoms with van der Waals surface area (Å²) in [7, 11) is 0. The minimum Gasteiger partial charge on any atom is -0.373 e. The Morgan fingerprint density at radius 3 is 2.85 bits per heavy atom. The molecule has 2 heterocycles. The predicted molar refractivity (Wildman–Crippen MR) is 81.6 cm³/mol. The van der Waals surface area contributed by atoms with E-state index in [1.165, 1.54) is 6.42 Å². The number of benzene rings is 1. The van der Waals surface area contributed by atoms with E-state index in [1.54, 1.807) is 0 Å². The van der Waals surface area contributed by atoms with Crippen molar-refractivity contribution in [2.45, 2.75) is 44.8 Å². The van der Waals surface area contributed by atoms with E-state index in [1.807, 2.05) is 13.0 Å². The van der Waals surface area contributed by atoms with Crippen LogP contribution in [0, 0.1) is 6.92 Å². The number of hydrogen-bond donors (Lipinski definition) is 1. The molecule has 2 N–H and O–H groups in total. The van der Waals surface area contributed by atoms with E-state index in [4.69, 9.17) is 10.5 Å². The van der Waals surface area contributed by atoms with Crippen molar-refractivity contribution in [3.8, 4) is 0 Å². The molecule has 2 unspecified atom stereocenters. The van der Waals surface area contributed by atoms with E-state index < -0.39 is 0 Å². The van der Waals surface area contributed by atoms with Crippen LogP contribution in [0.3, 0.4) is 0 Å². The lowest BCUT2D eigenvalue weighted by Crippen LogP contribution is -2.43. The summed E-state index contributed by atoms with van der Waals surface area (Å²) in [5, 5.41) is 1.14. The zero-order valence-corrected chi connectivity index (χ0v) is 12.2. The second-order valence-corrected chi connectivity index (χ2v) is 6.00. The van der Waals surface area contributed by atoms with Gasteiger partial charge in [-0.15, -0.1) is 0 Å². The number of aromatic nitrogens is 1. The highest BCUT2D eigenvalue weighted by molar-refractivity contribution is 5.79. The van der Waals surface area contributed by atoms with Crippen LogP contribution >= 0.6 is 0 Å². The Bertz CT molecular complexity index is 617. The zero-order chi connectivity index (χ0) is 14.2. The summed E-state index contributed by atoms with van der Waals surface area (Å²) in [6.45, 7) is 4.96. The molecule has 3 nitrogen and oxygen atoms in total. The maximum absolute atomic E-state index is 6.48. The molecule has 0 saturated carbocycles. The monoisotopic (exact) mass is 270 g/mol. The number of nitrogens with zero attached hydrogens (tertiary/aromatic N) is 1. The fraction of sp³-hybridized carbons (Fsp3) is 0.471. The standard InChI is InChI=1S/C17H22N2O/c1-12-5-6-13-11-14(7-8-15(13)19-12)16(18)17(2)9-3-4-10-20-17/h5-8,11,16H,3-4,9-10,18H2,1-2H3. The molecule has 0 aliphatic carbocycles. The van der Waals surface area contributed by atoms with Gasteiger partial charge in [0.25, 0.3) is 0 Å². The average molecular weight is 270 g/mol. The summed E-state index contributed by atoms with van der Waals surface area (Å²) >= 11 is 0. The maximum atomic E-state index is 6.48. The molecule has 1 saturated heterocycles. The molecule has 2 atom stereocenters. The Balaban J connectivity index is 1.95. The quantitative estimate of drug-likeness (QED) is 0.908. The fourth-order valence-corrected chi connectivity index (χ4v) is 2.99. The van der Waals surface area contributed by atoms with E-state index in [0.717, 1.165) is 41.6 Å². The van der Waals surface area contributed by atoms with Crippen molar-refractivity contribution in [3.05, 3.63) is 41.6 Å². The van der Waals surface area contributed by atoms with Crippen LogP contribution in [0.1, 0.15) is 43.5 Å². The summed E-state index contributed by atoms with van der Waals surface area (Å²) in [5.74, 6) is 0. The summed E-state index contributed by atoms with van der Waals surface area (Å²) in [6.07, 6.45) is 3.36. The molecule has 106 valence electrons. The SMILES string of the molecule is Cc1ccc2cc(C(N)C3(C)CCCCO3)ccc2n1. The average Bonchev–Trinajstić information content (AvgIpc) is 2.46. The van der Waals surface area contributed by atoms with Gasteiger partial charge in [-0.05, 0) is 56.9 Å². The van der Waals surface area contributed by atoms with E-state index in [-0.39, 0.29) is 11.6 Å². The molecule has 3 rings (SSSR count). The number of aryl methyl sites for hydroxylation is 1. The third kappa shape index (κ3) is 2.43. The van der Waals surface area contributed by atoms with Crippen LogP contribution in [-0.2, 0) is 4.74 Å². The van der Waals surface area contributed by atoms with Crippen LogP contribution in [0.25, 0.3) is 10.9 Å². The Morgan fingerprint density at radius 2 is 2.10 bits per heavy atom. The van der Waals surface area contributed by atoms with E-state index in [0.29, 0.717) is 0 Å². The number of rotatable bonds is 2. The smallest absolute Gasteiger partial charge is 0.0846 e. The molecule has 1 aliphatic rings. The highest BCUT2D eigenvalue weighted by atomic mass is 16.5. The van der Waals surface area contributed by atoms with Gasteiger partial charge in [0.2, 0.25) is 0 Å². The highest BCUT2D eigenvalue weighted by Crippen LogP contribution is 2.35. The molecule has 0 amide bonds. The number of pyridine rings is 1. The van der Waals surface area contributed by atoms with Gasteiger partial charge in [-0.1, -0.05) is 12.1 Å². The van der Waals surface area contributed by atoms with Crippen molar-refractivity contribution >= 4 is 10.9 Å². The Kier molecular flexibility index (Phi) is 3.48. The predicted octanol–water partition coefficient (Wildman–Crippen LogP) is 3.50. The number of ether oxygens (including phenoxy) is 1. The van der Waals surface area contributed by atoms with Gasteiger partial charge in [-0.3, -0.25) is 4.98 Å². The molecule has 0 radical (unpaired) electrons. The first kappa shape index (κ1) is 13.5. The second-order valence-electron chi connectivity index (χ2n) is 6.00. The Hall–Kier alpha value is -1.45. The van der Waals surface area contributed by atoms with E-state index in [2.05, 4.69) is 36.2 Å². The second kappa shape index (κ2) is 5.15. The van der Waals surface area contributed by atoms with Gasteiger partial charge in [0, 0.05) is 17.7 Å². The van der Waals surface area contributed by atoms with Gasteiger partial charge in [-0.25, -0.2) is 0 Å². The van der Waals surface area contributed by atoms with E-state index >= 15 is 0 Å². The molecule has 1 aromatic heterocycles. The van der Waals surface area contributed by atoms with Gasteiger partial charge >= 0.3 is 0 Å². The highest BCUT2D eigenvalue weighted by Gasteiger charge is 2.35.